The van der Waals surface area contributed by atoms with E-state index in [-0.39, 0.29) is 5.91 Å². The Kier molecular flexibility index (Phi) is 5.30. The molecular formula is C19H27N3O3. The van der Waals surface area contributed by atoms with Crippen LogP contribution < -0.4 is 4.74 Å². The number of aryl methyl sites for hydroxylation is 1. The molecule has 2 aromatic rings. The molecular weight excluding hydrogens is 318 g/mol. The third-order valence-corrected chi connectivity index (χ3v) is 4.72. The SMILES string of the molecule is COc1ccc2cc(C(=O)N3CCOC[C@@H](CN(C)C)C3)n(C)c2c1. The number of benzene rings is 1. The zero-order chi connectivity index (χ0) is 18.0. The van der Waals surface area contributed by atoms with Gasteiger partial charge in [0.1, 0.15) is 11.4 Å². The first kappa shape index (κ1) is 17.8. The van der Waals surface area contributed by atoms with Crippen LogP contribution in [0, 0.1) is 5.92 Å². The molecule has 3 rings (SSSR count). The molecule has 0 aliphatic carbocycles. The van der Waals surface area contributed by atoms with Crippen LogP contribution in [0.1, 0.15) is 10.5 Å². The maximum atomic E-state index is 13.1. The number of aromatic nitrogens is 1. The van der Waals surface area contributed by atoms with E-state index in [2.05, 4.69) is 4.90 Å². The lowest BCUT2D eigenvalue weighted by Crippen LogP contribution is -2.39. The van der Waals surface area contributed by atoms with Crippen molar-refractivity contribution in [3.05, 3.63) is 30.0 Å². The van der Waals surface area contributed by atoms with Gasteiger partial charge in [0.15, 0.2) is 0 Å². The van der Waals surface area contributed by atoms with Crippen molar-refractivity contribution in [2.45, 2.75) is 0 Å². The van der Waals surface area contributed by atoms with Crippen molar-refractivity contribution in [1.29, 1.82) is 0 Å². The van der Waals surface area contributed by atoms with Crippen LogP contribution in [-0.2, 0) is 11.8 Å². The summed E-state index contributed by atoms with van der Waals surface area (Å²) >= 11 is 0. The molecule has 0 radical (unpaired) electrons. The Morgan fingerprint density at radius 3 is 2.88 bits per heavy atom. The molecule has 1 aliphatic rings. The minimum atomic E-state index is 0.0620. The maximum Gasteiger partial charge on any atom is 0.270 e. The summed E-state index contributed by atoms with van der Waals surface area (Å²) in [6, 6.07) is 7.84. The largest absolute Gasteiger partial charge is 0.497 e. The molecule has 6 heteroatoms. The van der Waals surface area contributed by atoms with Gasteiger partial charge in [0, 0.05) is 44.1 Å². The molecule has 0 spiro atoms. The Bertz CT molecular complexity index is 754. The standard InChI is InChI=1S/C19H27N3O3/c1-20(2)11-14-12-22(7-8-25-13-14)19(23)18-9-15-5-6-16(24-4)10-17(15)21(18)3/h5-6,9-10,14H,7-8,11-13H2,1-4H3/t14-/m0/s1. The molecule has 1 aliphatic heterocycles. The summed E-state index contributed by atoms with van der Waals surface area (Å²) in [6.07, 6.45) is 0. The average Bonchev–Trinajstić information content (AvgIpc) is 2.76. The first-order chi connectivity index (χ1) is 12.0. The summed E-state index contributed by atoms with van der Waals surface area (Å²) in [6.45, 7) is 3.56. The summed E-state index contributed by atoms with van der Waals surface area (Å²) in [7, 11) is 7.68. The van der Waals surface area contributed by atoms with Crippen LogP contribution in [0.4, 0.5) is 0 Å². The maximum absolute atomic E-state index is 13.1. The summed E-state index contributed by atoms with van der Waals surface area (Å²) in [4.78, 5) is 17.2. The van der Waals surface area contributed by atoms with E-state index >= 15 is 0 Å². The molecule has 0 N–H and O–H groups in total. The summed E-state index contributed by atoms with van der Waals surface area (Å²) in [5.41, 5.74) is 1.70. The third-order valence-electron chi connectivity index (χ3n) is 4.72. The van der Waals surface area contributed by atoms with Crippen LogP contribution in [0.2, 0.25) is 0 Å². The van der Waals surface area contributed by atoms with Gasteiger partial charge in [0.25, 0.3) is 5.91 Å². The van der Waals surface area contributed by atoms with Gasteiger partial charge < -0.3 is 23.8 Å². The molecule has 6 nitrogen and oxygen atoms in total. The van der Waals surface area contributed by atoms with Gasteiger partial charge in [-0.15, -0.1) is 0 Å². The molecule has 1 aromatic heterocycles. The molecule has 0 unspecified atom stereocenters. The van der Waals surface area contributed by atoms with Crippen LogP contribution in [0.5, 0.6) is 5.75 Å². The lowest BCUT2D eigenvalue weighted by Gasteiger charge is -2.25. The molecule has 2 heterocycles. The van der Waals surface area contributed by atoms with Crippen molar-refractivity contribution in [1.82, 2.24) is 14.4 Å². The topological polar surface area (TPSA) is 46.9 Å². The number of fused-ring (bicyclic) bond motifs is 1. The Morgan fingerprint density at radius 1 is 1.36 bits per heavy atom. The number of methoxy groups -OCH3 is 1. The normalized spacial score (nSPS) is 18.6. The monoisotopic (exact) mass is 345 g/mol. The van der Waals surface area contributed by atoms with Crippen molar-refractivity contribution >= 4 is 16.8 Å². The first-order valence-corrected chi connectivity index (χ1v) is 8.65. The van der Waals surface area contributed by atoms with E-state index in [0.717, 1.165) is 29.7 Å². The summed E-state index contributed by atoms with van der Waals surface area (Å²) < 4.78 is 13.0. The van der Waals surface area contributed by atoms with Gasteiger partial charge in [0.05, 0.1) is 25.8 Å². The number of rotatable bonds is 4. The van der Waals surface area contributed by atoms with Crippen LogP contribution in [0.25, 0.3) is 10.9 Å². The van der Waals surface area contributed by atoms with E-state index in [4.69, 9.17) is 9.47 Å². The number of nitrogens with zero attached hydrogens (tertiary/aromatic N) is 3. The predicted octanol–water partition coefficient (Wildman–Crippen LogP) is 1.84. The average molecular weight is 345 g/mol. The fourth-order valence-corrected chi connectivity index (χ4v) is 3.50. The molecule has 1 saturated heterocycles. The van der Waals surface area contributed by atoms with Gasteiger partial charge in [-0.3, -0.25) is 4.79 Å². The van der Waals surface area contributed by atoms with Gasteiger partial charge in [-0.2, -0.15) is 0 Å². The van der Waals surface area contributed by atoms with E-state index < -0.39 is 0 Å². The van der Waals surface area contributed by atoms with E-state index in [9.17, 15) is 4.79 Å². The number of carbonyl (C=O) groups excluding carboxylic acids is 1. The second-order valence-electron chi connectivity index (χ2n) is 6.97. The van der Waals surface area contributed by atoms with Gasteiger partial charge >= 0.3 is 0 Å². The van der Waals surface area contributed by atoms with Crippen molar-refractivity contribution in [2.24, 2.45) is 13.0 Å². The quantitative estimate of drug-likeness (QED) is 0.848. The minimum absolute atomic E-state index is 0.0620. The van der Waals surface area contributed by atoms with Gasteiger partial charge in [0.2, 0.25) is 0 Å². The third kappa shape index (κ3) is 3.80. The minimum Gasteiger partial charge on any atom is -0.497 e. The Hall–Kier alpha value is -2.05. The number of amides is 1. The van der Waals surface area contributed by atoms with E-state index in [1.54, 1.807) is 7.11 Å². The fraction of sp³-hybridized carbons (Fsp3) is 0.526. The highest BCUT2D eigenvalue weighted by molar-refractivity contribution is 5.99. The van der Waals surface area contributed by atoms with Crippen LogP contribution in [-0.4, -0.2) is 74.3 Å². The Labute approximate surface area is 148 Å². The van der Waals surface area contributed by atoms with Gasteiger partial charge in [-0.1, -0.05) is 0 Å². The summed E-state index contributed by atoms with van der Waals surface area (Å²) in [5, 5.41) is 1.04. The predicted molar refractivity (Wildman–Crippen MR) is 98.2 cm³/mol. The van der Waals surface area contributed by atoms with E-state index in [0.29, 0.717) is 31.4 Å². The summed E-state index contributed by atoms with van der Waals surface area (Å²) in [5.74, 6) is 1.19. The fourth-order valence-electron chi connectivity index (χ4n) is 3.50. The van der Waals surface area contributed by atoms with Crippen molar-refractivity contribution in [3.63, 3.8) is 0 Å². The second kappa shape index (κ2) is 7.45. The Morgan fingerprint density at radius 2 is 2.16 bits per heavy atom. The lowest BCUT2D eigenvalue weighted by molar-refractivity contribution is 0.0726. The van der Waals surface area contributed by atoms with Crippen molar-refractivity contribution < 1.29 is 14.3 Å². The van der Waals surface area contributed by atoms with Crippen LogP contribution >= 0.6 is 0 Å². The second-order valence-corrected chi connectivity index (χ2v) is 6.97. The molecule has 1 atom stereocenters. The zero-order valence-corrected chi connectivity index (χ0v) is 15.5. The molecule has 1 aromatic carbocycles. The Balaban J connectivity index is 1.86. The number of hydrogen-bond acceptors (Lipinski definition) is 4. The number of carbonyl (C=O) groups is 1. The van der Waals surface area contributed by atoms with Gasteiger partial charge in [-0.05, 0) is 32.3 Å². The highest BCUT2D eigenvalue weighted by Gasteiger charge is 2.26. The lowest BCUT2D eigenvalue weighted by atomic mass is 10.1. The van der Waals surface area contributed by atoms with Crippen LogP contribution in [0.3, 0.4) is 0 Å². The zero-order valence-electron chi connectivity index (χ0n) is 15.5. The van der Waals surface area contributed by atoms with E-state index in [1.165, 1.54) is 0 Å². The molecule has 1 fully saturated rings. The number of hydrogen-bond donors (Lipinski definition) is 0. The van der Waals surface area contributed by atoms with Crippen molar-refractivity contribution in [2.75, 3.05) is 54.1 Å². The van der Waals surface area contributed by atoms with Crippen molar-refractivity contribution in [3.8, 4) is 5.75 Å². The molecule has 1 amide bonds. The smallest absolute Gasteiger partial charge is 0.270 e. The molecule has 0 bridgehead atoms. The molecule has 136 valence electrons. The van der Waals surface area contributed by atoms with Gasteiger partial charge in [-0.25, -0.2) is 0 Å². The van der Waals surface area contributed by atoms with E-state index in [1.807, 2.05) is 54.9 Å². The first-order valence-electron chi connectivity index (χ1n) is 8.65. The van der Waals surface area contributed by atoms with Crippen LogP contribution in [0.15, 0.2) is 24.3 Å². The highest BCUT2D eigenvalue weighted by atomic mass is 16.5. The highest BCUT2D eigenvalue weighted by Crippen LogP contribution is 2.25. The molecule has 0 saturated carbocycles. The number of ether oxygens (including phenoxy) is 2. The molecule has 25 heavy (non-hydrogen) atoms.